The highest BCUT2D eigenvalue weighted by molar-refractivity contribution is 5.89. The molecule has 1 atom stereocenters. The highest BCUT2D eigenvalue weighted by Gasteiger charge is 2.09. The molecule has 0 aliphatic carbocycles. The number of ether oxygens (including phenoxy) is 1. The lowest BCUT2D eigenvalue weighted by Crippen LogP contribution is -2.15. The molecule has 0 fully saturated rings. The summed E-state index contributed by atoms with van der Waals surface area (Å²) in [4.78, 5) is 11.2. The van der Waals surface area contributed by atoms with Crippen molar-refractivity contribution in [2.45, 2.75) is 6.04 Å². The Hall–Kier alpha value is -1.10. The van der Waals surface area contributed by atoms with E-state index in [1.165, 1.54) is 7.11 Å². The minimum Gasteiger partial charge on any atom is -0.465 e. The molecule has 3 N–H and O–H groups in total. The molecular formula is C10H14ClNO3. The van der Waals surface area contributed by atoms with Gasteiger partial charge in [0, 0.05) is 0 Å². The predicted molar refractivity (Wildman–Crippen MR) is 59.0 cm³/mol. The number of hydrogen-bond donors (Lipinski definition) is 2. The SMILES string of the molecule is COC(=O)c1cccc([C@H](N)CO)c1.Cl. The summed E-state index contributed by atoms with van der Waals surface area (Å²) >= 11 is 0. The quantitative estimate of drug-likeness (QED) is 0.758. The standard InChI is InChI=1S/C10H13NO3.ClH/c1-14-10(13)8-4-2-3-7(5-8)9(11)6-12;/h2-5,9,12H,6,11H2,1H3;1H/t9-;/m1./s1. The van der Waals surface area contributed by atoms with E-state index in [-0.39, 0.29) is 19.0 Å². The van der Waals surface area contributed by atoms with E-state index in [2.05, 4.69) is 4.74 Å². The first-order valence-corrected chi connectivity index (χ1v) is 4.23. The van der Waals surface area contributed by atoms with Gasteiger partial charge in [-0.05, 0) is 17.7 Å². The number of methoxy groups -OCH3 is 1. The van der Waals surface area contributed by atoms with Crippen molar-refractivity contribution in [1.82, 2.24) is 0 Å². The average molecular weight is 232 g/mol. The van der Waals surface area contributed by atoms with E-state index in [1.54, 1.807) is 24.3 Å². The van der Waals surface area contributed by atoms with E-state index in [1.807, 2.05) is 0 Å². The average Bonchev–Trinajstić information content (AvgIpc) is 2.27. The fraction of sp³-hybridized carbons (Fsp3) is 0.300. The first kappa shape index (κ1) is 13.9. The number of benzene rings is 1. The monoisotopic (exact) mass is 231 g/mol. The van der Waals surface area contributed by atoms with Gasteiger partial charge in [-0.25, -0.2) is 4.79 Å². The molecule has 0 amide bonds. The van der Waals surface area contributed by atoms with Crippen LogP contribution in [0.15, 0.2) is 24.3 Å². The lowest BCUT2D eigenvalue weighted by molar-refractivity contribution is 0.0600. The Balaban J connectivity index is 0.00000196. The number of carbonyl (C=O) groups excluding carboxylic acids is 1. The minimum atomic E-state index is -0.459. The van der Waals surface area contributed by atoms with Gasteiger partial charge in [0.25, 0.3) is 0 Å². The highest BCUT2D eigenvalue weighted by Crippen LogP contribution is 2.12. The van der Waals surface area contributed by atoms with Gasteiger partial charge in [0.2, 0.25) is 0 Å². The van der Waals surface area contributed by atoms with Crippen LogP contribution in [-0.2, 0) is 4.74 Å². The smallest absolute Gasteiger partial charge is 0.337 e. The number of carbonyl (C=O) groups is 1. The van der Waals surface area contributed by atoms with Crippen molar-refractivity contribution in [3.05, 3.63) is 35.4 Å². The summed E-state index contributed by atoms with van der Waals surface area (Å²) in [7, 11) is 1.32. The zero-order valence-corrected chi connectivity index (χ0v) is 9.16. The third-order valence-electron chi connectivity index (χ3n) is 1.93. The van der Waals surface area contributed by atoms with Gasteiger partial charge < -0.3 is 15.6 Å². The third kappa shape index (κ3) is 3.51. The summed E-state index contributed by atoms with van der Waals surface area (Å²) < 4.78 is 4.56. The fourth-order valence-electron chi connectivity index (χ4n) is 1.12. The Morgan fingerprint density at radius 1 is 1.60 bits per heavy atom. The van der Waals surface area contributed by atoms with Crippen LogP contribution >= 0.6 is 12.4 Å². The van der Waals surface area contributed by atoms with Gasteiger partial charge in [0.05, 0.1) is 25.3 Å². The second-order valence-electron chi connectivity index (χ2n) is 2.91. The molecular weight excluding hydrogens is 218 g/mol. The summed E-state index contributed by atoms with van der Waals surface area (Å²) in [5.41, 5.74) is 6.76. The molecule has 0 saturated carbocycles. The van der Waals surface area contributed by atoms with E-state index in [9.17, 15) is 4.79 Å². The van der Waals surface area contributed by atoms with Crippen molar-refractivity contribution < 1.29 is 14.6 Å². The lowest BCUT2D eigenvalue weighted by atomic mass is 10.1. The maximum Gasteiger partial charge on any atom is 0.337 e. The van der Waals surface area contributed by atoms with Gasteiger partial charge in [-0.2, -0.15) is 0 Å². The van der Waals surface area contributed by atoms with Crippen molar-refractivity contribution >= 4 is 18.4 Å². The molecule has 0 saturated heterocycles. The molecule has 4 nitrogen and oxygen atoms in total. The van der Waals surface area contributed by atoms with E-state index in [4.69, 9.17) is 10.8 Å². The maximum atomic E-state index is 11.2. The maximum absolute atomic E-state index is 11.2. The van der Waals surface area contributed by atoms with Gasteiger partial charge in [0.15, 0.2) is 0 Å². The zero-order chi connectivity index (χ0) is 10.6. The van der Waals surface area contributed by atoms with Gasteiger partial charge in [0.1, 0.15) is 0 Å². The minimum absolute atomic E-state index is 0. The fourth-order valence-corrected chi connectivity index (χ4v) is 1.12. The summed E-state index contributed by atoms with van der Waals surface area (Å²) in [5.74, 6) is -0.406. The van der Waals surface area contributed by atoms with Crippen molar-refractivity contribution in [3.63, 3.8) is 0 Å². The molecule has 0 spiro atoms. The van der Waals surface area contributed by atoms with Crippen molar-refractivity contribution in [1.29, 1.82) is 0 Å². The molecule has 5 heteroatoms. The molecule has 0 unspecified atom stereocenters. The molecule has 1 aromatic rings. The number of halogens is 1. The first-order valence-electron chi connectivity index (χ1n) is 4.23. The number of hydrogen-bond acceptors (Lipinski definition) is 4. The van der Waals surface area contributed by atoms with Crippen molar-refractivity contribution in [3.8, 4) is 0 Å². The van der Waals surface area contributed by atoms with Crippen LogP contribution in [-0.4, -0.2) is 24.8 Å². The summed E-state index contributed by atoms with van der Waals surface area (Å²) in [6, 6.07) is 6.26. The van der Waals surface area contributed by atoms with Crippen LogP contribution in [0.5, 0.6) is 0 Å². The molecule has 0 radical (unpaired) electrons. The Morgan fingerprint density at radius 3 is 2.80 bits per heavy atom. The molecule has 0 aliphatic heterocycles. The van der Waals surface area contributed by atoms with E-state index in [0.29, 0.717) is 5.56 Å². The molecule has 84 valence electrons. The molecule has 0 aromatic heterocycles. The number of aliphatic hydroxyl groups is 1. The van der Waals surface area contributed by atoms with Crippen LogP contribution in [0.3, 0.4) is 0 Å². The topological polar surface area (TPSA) is 72.5 Å². The lowest BCUT2D eigenvalue weighted by Gasteiger charge is -2.09. The number of rotatable bonds is 3. The van der Waals surface area contributed by atoms with Gasteiger partial charge in [-0.1, -0.05) is 12.1 Å². The van der Waals surface area contributed by atoms with Crippen LogP contribution in [0.4, 0.5) is 0 Å². The summed E-state index contributed by atoms with van der Waals surface area (Å²) in [6.45, 7) is -0.148. The van der Waals surface area contributed by atoms with Gasteiger partial charge >= 0.3 is 5.97 Å². The Morgan fingerprint density at radius 2 is 2.27 bits per heavy atom. The van der Waals surface area contributed by atoms with Crippen LogP contribution < -0.4 is 5.73 Å². The van der Waals surface area contributed by atoms with Crippen molar-refractivity contribution in [2.24, 2.45) is 5.73 Å². The highest BCUT2D eigenvalue weighted by atomic mass is 35.5. The molecule has 1 rings (SSSR count). The number of aliphatic hydroxyl groups excluding tert-OH is 1. The van der Waals surface area contributed by atoms with E-state index >= 15 is 0 Å². The van der Waals surface area contributed by atoms with E-state index in [0.717, 1.165) is 5.56 Å². The normalized spacial score (nSPS) is 11.4. The summed E-state index contributed by atoms with van der Waals surface area (Å²) in [5, 5.41) is 8.83. The third-order valence-corrected chi connectivity index (χ3v) is 1.93. The molecule has 1 aromatic carbocycles. The van der Waals surface area contributed by atoms with E-state index < -0.39 is 12.0 Å². The molecule has 0 aliphatic rings. The van der Waals surface area contributed by atoms with Crippen LogP contribution in [0.25, 0.3) is 0 Å². The second kappa shape index (κ2) is 6.40. The Labute approximate surface area is 94.5 Å². The van der Waals surface area contributed by atoms with Gasteiger partial charge in [-0.3, -0.25) is 0 Å². The summed E-state index contributed by atoms with van der Waals surface area (Å²) in [6.07, 6.45) is 0. The molecule has 0 bridgehead atoms. The number of esters is 1. The largest absolute Gasteiger partial charge is 0.465 e. The van der Waals surface area contributed by atoms with Crippen LogP contribution in [0.1, 0.15) is 22.0 Å². The predicted octanol–water partition coefficient (Wildman–Crippen LogP) is 0.887. The van der Waals surface area contributed by atoms with Gasteiger partial charge in [-0.15, -0.1) is 12.4 Å². The zero-order valence-electron chi connectivity index (χ0n) is 8.34. The Bertz CT molecular complexity index is 330. The first-order chi connectivity index (χ1) is 6.69. The van der Waals surface area contributed by atoms with Crippen molar-refractivity contribution in [2.75, 3.05) is 13.7 Å². The molecule has 0 heterocycles. The Kier molecular flexibility index (Phi) is 5.93. The van der Waals surface area contributed by atoms with Crippen LogP contribution in [0.2, 0.25) is 0 Å². The molecule has 15 heavy (non-hydrogen) atoms. The second-order valence-corrected chi connectivity index (χ2v) is 2.91. The van der Waals surface area contributed by atoms with Crippen LogP contribution in [0, 0.1) is 0 Å². The number of nitrogens with two attached hydrogens (primary N) is 1.